The fourth-order valence-corrected chi connectivity index (χ4v) is 3.37. The zero-order valence-electron chi connectivity index (χ0n) is 17.4. The summed E-state index contributed by atoms with van der Waals surface area (Å²) >= 11 is 0. The summed E-state index contributed by atoms with van der Waals surface area (Å²) < 4.78 is 17.3. The minimum Gasteiger partial charge on any atom is -0.322 e. The molecule has 162 valence electrons. The molecule has 0 aliphatic carbocycles. The van der Waals surface area contributed by atoms with Crippen LogP contribution in [0.5, 0.6) is 0 Å². The second-order valence-corrected chi connectivity index (χ2v) is 7.17. The molecule has 0 unspecified atom stereocenters. The van der Waals surface area contributed by atoms with E-state index in [2.05, 4.69) is 30.9 Å². The third-order valence-corrected chi connectivity index (χ3v) is 4.97. The van der Waals surface area contributed by atoms with Crippen molar-refractivity contribution in [3.05, 3.63) is 96.5 Å². The maximum atomic E-state index is 14.4. The molecule has 3 heterocycles. The molecule has 33 heavy (non-hydrogen) atoms. The average molecular weight is 440 g/mol. The molecule has 0 radical (unpaired) electrons. The highest BCUT2D eigenvalue weighted by Gasteiger charge is 2.20. The van der Waals surface area contributed by atoms with Gasteiger partial charge in [0, 0.05) is 29.8 Å². The summed E-state index contributed by atoms with van der Waals surface area (Å²) in [5.41, 5.74) is 2.83. The second kappa shape index (κ2) is 8.42. The van der Waals surface area contributed by atoms with Gasteiger partial charge < -0.3 is 5.32 Å². The van der Waals surface area contributed by atoms with E-state index in [0.717, 1.165) is 5.69 Å². The van der Waals surface area contributed by atoms with Crippen molar-refractivity contribution < 1.29 is 9.18 Å². The fraction of sp³-hybridized carbons (Fsp3) is 0.0435. The van der Waals surface area contributed by atoms with Crippen LogP contribution in [0.1, 0.15) is 16.2 Å². The molecule has 3 aromatic heterocycles. The summed E-state index contributed by atoms with van der Waals surface area (Å²) in [6.07, 6.45) is 4.95. The van der Waals surface area contributed by atoms with Crippen molar-refractivity contribution in [2.24, 2.45) is 0 Å². The van der Waals surface area contributed by atoms with E-state index >= 15 is 0 Å². The van der Waals surface area contributed by atoms with Gasteiger partial charge in [0.25, 0.3) is 5.91 Å². The van der Waals surface area contributed by atoms with Crippen molar-refractivity contribution in [1.82, 2.24) is 35.0 Å². The number of nitrogens with one attached hydrogen (secondary N) is 1. The van der Waals surface area contributed by atoms with Crippen LogP contribution in [0.2, 0.25) is 0 Å². The van der Waals surface area contributed by atoms with E-state index in [1.54, 1.807) is 36.3 Å². The number of pyridine rings is 1. The maximum absolute atomic E-state index is 14.4. The molecular weight excluding hydrogens is 423 g/mol. The van der Waals surface area contributed by atoms with Crippen LogP contribution in [0, 0.1) is 12.7 Å². The standard InChI is InChI=1S/C23H17FN8O/c1-15-27-29-30-32(15)21-12-17(9-10-20(21)24)26-23(33)19-14-31(18-7-3-2-4-8-18)28-22(19)16-6-5-11-25-13-16/h2-14H,1H3,(H,26,33). The molecule has 5 aromatic rings. The molecule has 0 fully saturated rings. The lowest BCUT2D eigenvalue weighted by molar-refractivity contribution is 0.102. The third-order valence-electron chi connectivity index (χ3n) is 4.97. The number of rotatable bonds is 5. The molecule has 5 rings (SSSR count). The molecule has 2 aromatic carbocycles. The number of carbonyl (C=O) groups excluding carboxylic acids is 1. The minimum atomic E-state index is -0.517. The first-order valence-electron chi connectivity index (χ1n) is 10.0. The first-order chi connectivity index (χ1) is 16.1. The van der Waals surface area contributed by atoms with Crippen LogP contribution < -0.4 is 5.32 Å². The van der Waals surface area contributed by atoms with Crippen molar-refractivity contribution in [1.29, 1.82) is 0 Å². The number of benzene rings is 2. The molecule has 0 spiro atoms. The SMILES string of the molecule is Cc1nnnn1-c1cc(NC(=O)c2cn(-c3ccccc3)nc2-c2cccnc2)ccc1F. The van der Waals surface area contributed by atoms with Gasteiger partial charge in [0.15, 0.2) is 5.82 Å². The zero-order chi connectivity index (χ0) is 22.8. The number of hydrogen-bond acceptors (Lipinski definition) is 6. The zero-order valence-corrected chi connectivity index (χ0v) is 17.4. The van der Waals surface area contributed by atoms with Crippen molar-refractivity contribution in [3.8, 4) is 22.6 Å². The number of hydrogen-bond donors (Lipinski definition) is 1. The number of amides is 1. The molecular formula is C23H17FN8O. The van der Waals surface area contributed by atoms with Gasteiger partial charge in [0.2, 0.25) is 0 Å². The summed E-state index contributed by atoms with van der Waals surface area (Å²) in [6.45, 7) is 1.66. The van der Waals surface area contributed by atoms with Crippen LogP contribution in [-0.2, 0) is 0 Å². The van der Waals surface area contributed by atoms with Crippen molar-refractivity contribution in [2.45, 2.75) is 6.92 Å². The van der Waals surface area contributed by atoms with Gasteiger partial charge in [-0.1, -0.05) is 18.2 Å². The maximum Gasteiger partial charge on any atom is 0.259 e. The Bertz CT molecular complexity index is 1430. The van der Waals surface area contributed by atoms with Gasteiger partial charge >= 0.3 is 0 Å². The van der Waals surface area contributed by atoms with E-state index in [-0.39, 0.29) is 5.69 Å². The Morgan fingerprint density at radius 3 is 2.64 bits per heavy atom. The smallest absolute Gasteiger partial charge is 0.259 e. The van der Waals surface area contributed by atoms with E-state index in [4.69, 9.17) is 0 Å². The van der Waals surface area contributed by atoms with Crippen molar-refractivity contribution >= 4 is 11.6 Å². The van der Waals surface area contributed by atoms with E-state index < -0.39 is 11.7 Å². The number of aryl methyl sites for hydroxylation is 1. The predicted octanol–water partition coefficient (Wildman–Crippen LogP) is 3.61. The normalized spacial score (nSPS) is 10.8. The molecule has 0 aliphatic heterocycles. The lowest BCUT2D eigenvalue weighted by Gasteiger charge is -2.09. The number of carbonyl (C=O) groups is 1. The number of halogens is 1. The molecule has 1 amide bonds. The average Bonchev–Trinajstić information content (AvgIpc) is 3.48. The Morgan fingerprint density at radius 2 is 1.91 bits per heavy atom. The number of para-hydroxylation sites is 1. The highest BCUT2D eigenvalue weighted by atomic mass is 19.1. The Hall–Kier alpha value is -4.73. The van der Waals surface area contributed by atoms with Crippen LogP contribution in [0.4, 0.5) is 10.1 Å². The van der Waals surface area contributed by atoms with Crippen LogP contribution in [0.25, 0.3) is 22.6 Å². The van der Waals surface area contributed by atoms with Crippen LogP contribution in [0.3, 0.4) is 0 Å². The lowest BCUT2D eigenvalue weighted by atomic mass is 10.1. The van der Waals surface area contributed by atoms with E-state index in [0.29, 0.717) is 28.3 Å². The number of nitrogens with zero attached hydrogens (tertiary/aromatic N) is 7. The van der Waals surface area contributed by atoms with Gasteiger partial charge in [0.05, 0.1) is 11.3 Å². The molecule has 0 saturated carbocycles. The summed E-state index contributed by atoms with van der Waals surface area (Å²) in [7, 11) is 0. The van der Waals surface area contributed by atoms with Crippen LogP contribution in [-0.4, -0.2) is 40.9 Å². The number of tetrazole rings is 1. The van der Waals surface area contributed by atoms with Gasteiger partial charge in [-0.15, -0.1) is 5.10 Å². The molecule has 9 nitrogen and oxygen atoms in total. The molecule has 0 aliphatic rings. The Kier molecular flexibility index (Phi) is 5.15. The molecule has 0 saturated heterocycles. The third kappa shape index (κ3) is 3.97. The Labute approximate surface area is 187 Å². The number of anilines is 1. The van der Waals surface area contributed by atoms with E-state index in [1.807, 2.05) is 36.4 Å². The minimum absolute atomic E-state index is 0.128. The van der Waals surface area contributed by atoms with Gasteiger partial charge in [-0.3, -0.25) is 9.78 Å². The molecule has 10 heteroatoms. The second-order valence-electron chi connectivity index (χ2n) is 7.17. The van der Waals surface area contributed by atoms with Crippen molar-refractivity contribution in [3.63, 3.8) is 0 Å². The monoisotopic (exact) mass is 440 g/mol. The molecule has 1 N–H and O–H groups in total. The van der Waals surface area contributed by atoms with Crippen molar-refractivity contribution in [2.75, 3.05) is 5.32 Å². The first-order valence-corrected chi connectivity index (χ1v) is 10.0. The topological polar surface area (TPSA) is 103 Å². The van der Waals surface area contributed by atoms with Crippen LogP contribution >= 0.6 is 0 Å². The number of aromatic nitrogens is 7. The van der Waals surface area contributed by atoms with Gasteiger partial charge in [-0.2, -0.15) is 9.78 Å². The highest BCUT2D eigenvalue weighted by Crippen LogP contribution is 2.25. The summed E-state index contributed by atoms with van der Waals surface area (Å²) in [4.78, 5) is 17.4. The molecule has 0 bridgehead atoms. The van der Waals surface area contributed by atoms with Gasteiger partial charge in [-0.05, 0) is 59.8 Å². The largest absolute Gasteiger partial charge is 0.322 e. The van der Waals surface area contributed by atoms with Gasteiger partial charge in [-0.25, -0.2) is 9.07 Å². The molecule has 0 atom stereocenters. The first kappa shape index (κ1) is 20.2. The summed E-state index contributed by atoms with van der Waals surface area (Å²) in [5.74, 6) is -0.501. The predicted molar refractivity (Wildman–Crippen MR) is 119 cm³/mol. The highest BCUT2D eigenvalue weighted by molar-refractivity contribution is 6.08. The van der Waals surface area contributed by atoms with E-state index in [9.17, 15) is 9.18 Å². The van der Waals surface area contributed by atoms with Gasteiger partial charge in [0.1, 0.15) is 17.2 Å². The Balaban J connectivity index is 1.52. The fourth-order valence-electron chi connectivity index (χ4n) is 3.37. The summed E-state index contributed by atoms with van der Waals surface area (Å²) in [5, 5.41) is 18.6. The van der Waals surface area contributed by atoms with E-state index in [1.165, 1.54) is 22.9 Å². The Morgan fingerprint density at radius 1 is 1.06 bits per heavy atom. The summed E-state index contributed by atoms with van der Waals surface area (Å²) in [6, 6.07) is 17.3. The van der Waals surface area contributed by atoms with Crippen LogP contribution in [0.15, 0.2) is 79.3 Å². The quantitative estimate of drug-likeness (QED) is 0.448. The lowest BCUT2D eigenvalue weighted by Crippen LogP contribution is -2.13.